The van der Waals surface area contributed by atoms with Gasteiger partial charge in [0, 0.05) is 11.8 Å². The molecular weight excluding hydrogens is 231 g/mol. The van der Waals surface area contributed by atoms with E-state index in [4.69, 9.17) is 11.6 Å². The van der Waals surface area contributed by atoms with Gasteiger partial charge in [0.15, 0.2) is 5.65 Å². The van der Waals surface area contributed by atoms with Crippen LogP contribution < -0.4 is 0 Å². The number of alkyl halides is 4. The Balaban J connectivity index is 2.65. The number of aromatic nitrogens is 3. The van der Waals surface area contributed by atoms with Crippen molar-refractivity contribution in [2.24, 2.45) is 0 Å². The molecule has 0 aliphatic rings. The van der Waals surface area contributed by atoms with Crippen LogP contribution in [0.4, 0.5) is 13.2 Å². The van der Waals surface area contributed by atoms with Crippen LogP contribution in [0.25, 0.3) is 5.65 Å². The van der Waals surface area contributed by atoms with Gasteiger partial charge in [0.1, 0.15) is 0 Å². The molecule has 80 valence electrons. The molecule has 0 fully saturated rings. The summed E-state index contributed by atoms with van der Waals surface area (Å²) < 4.78 is 37.9. The smallest absolute Gasteiger partial charge is 0.220 e. The van der Waals surface area contributed by atoms with E-state index in [0.717, 1.165) is 4.52 Å². The largest absolute Gasteiger partial charge is 0.453 e. The third-order valence-electron chi connectivity index (χ3n) is 1.84. The summed E-state index contributed by atoms with van der Waals surface area (Å²) >= 11 is 5.57. The molecule has 3 nitrogen and oxygen atoms in total. The van der Waals surface area contributed by atoms with Gasteiger partial charge in [-0.25, -0.2) is 9.50 Å². The maximum Gasteiger partial charge on any atom is 0.453 e. The minimum Gasteiger partial charge on any atom is -0.220 e. The maximum atomic E-state index is 12.3. The summed E-state index contributed by atoms with van der Waals surface area (Å²) in [5.41, 5.74) is 0.655. The second-order valence-corrected chi connectivity index (χ2v) is 3.14. The zero-order valence-electron chi connectivity index (χ0n) is 7.29. The molecule has 0 atom stereocenters. The normalized spacial score (nSPS) is 12.3. The van der Waals surface area contributed by atoms with Gasteiger partial charge in [0.25, 0.3) is 5.82 Å². The summed E-state index contributed by atoms with van der Waals surface area (Å²) in [5, 5.41) is 3.31. The lowest BCUT2D eigenvalue weighted by Crippen LogP contribution is -2.07. The third kappa shape index (κ3) is 1.77. The van der Waals surface area contributed by atoms with Crippen LogP contribution in [0.1, 0.15) is 11.4 Å². The molecule has 2 aromatic rings. The molecule has 7 heteroatoms. The summed E-state index contributed by atoms with van der Waals surface area (Å²) in [7, 11) is 0. The standard InChI is InChI=1S/C8H5ClF3N3/c9-4-5-2-1-3-15-6(5)13-7(14-15)8(10,11)12/h1-3H,4H2. The highest BCUT2D eigenvalue weighted by Crippen LogP contribution is 2.27. The van der Waals surface area contributed by atoms with E-state index >= 15 is 0 Å². The molecule has 0 aliphatic heterocycles. The number of halogens is 4. The van der Waals surface area contributed by atoms with Crippen molar-refractivity contribution in [2.45, 2.75) is 12.1 Å². The van der Waals surface area contributed by atoms with Crippen LogP contribution in [-0.4, -0.2) is 14.6 Å². The number of fused-ring (bicyclic) bond motifs is 1. The van der Waals surface area contributed by atoms with E-state index in [1.54, 1.807) is 12.1 Å². The van der Waals surface area contributed by atoms with Crippen LogP contribution in [0.5, 0.6) is 0 Å². The van der Waals surface area contributed by atoms with Gasteiger partial charge in [-0.2, -0.15) is 13.2 Å². The molecule has 0 saturated heterocycles. The second-order valence-electron chi connectivity index (χ2n) is 2.87. The van der Waals surface area contributed by atoms with Gasteiger partial charge in [-0.05, 0) is 6.07 Å². The van der Waals surface area contributed by atoms with Crippen LogP contribution in [0.15, 0.2) is 18.3 Å². The average molecular weight is 236 g/mol. The van der Waals surface area contributed by atoms with Gasteiger partial charge < -0.3 is 0 Å². The Morgan fingerprint density at radius 3 is 2.73 bits per heavy atom. The van der Waals surface area contributed by atoms with Crippen molar-refractivity contribution in [2.75, 3.05) is 0 Å². The second kappa shape index (κ2) is 3.37. The molecule has 15 heavy (non-hydrogen) atoms. The Kier molecular flexibility index (Phi) is 2.30. The fraction of sp³-hybridized carbons (Fsp3) is 0.250. The fourth-order valence-corrected chi connectivity index (χ4v) is 1.39. The monoisotopic (exact) mass is 235 g/mol. The fourth-order valence-electron chi connectivity index (χ4n) is 1.19. The number of hydrogen-bond acceptors (Lipinski definition) is 2. The molecule has 0 spiro atoms. The summed E-state index contributed by atoms with van der Waals surface area (Å²) in [6, 6.07) is 3.18. The highest BCUT2D eigenvalue weighted by Gasteiger charge is 2.36. The van der Waals surface area contributed by atoms with E-state index < -0.39 is 12.0 Å². The molecule has 2 rings (SSSR count). The van der Waals surface area contributed by atoms with E-state index in [9.17, 15) is 13.2 Å². The van der Waals surface area contributed by atoms with Gasteiger partial charge in [-0.1, -0.05) is 6.07 Å². The topological polar surface area (TPSA) is 30.2 Å². The van der Waals surface area contributed by atoms with Crippen molar-refractivity contribution in [3.05, 3.63) is 29.7 Å². The molecule has 2 aromatic heterocycles. The minimum absolute atomic E-state index is 0.0976. The predicted octanol–water partition coefficient (Wildman–Crippen LogP) is 2.49. The Morgan fingerprint density at radius 2 is 2.13 bits per heavy atom. The van der Waals surface area contributed by atoms with Crippen molar-refractivity contribution in [3.8, 4) is 0 Å². The summed E-state index contributed by atoms with van der Waals surface area (Å²) in [4.78, 5) is 3.40. The van der Waals surface area contributed by atoms with Crippen LogP contribution in [0.3, 0.4) is 0 Å². The highest BCUT2D eigenvalue weighted by molar-refractivity contribution is 6.17. The molecule has 0 bridgehead atoms. The summed E-state index contributed by atoms with van der Waals surface area (Å²) in [6.07, 6.45) is -3.14. The van der Waals surface area contributed by atoms with Crippen molar-refractivity contribution >= 4 is 17.2 Å². The lowest BCUT2D eigenvalue weighted by molar-refractivity contribution is -0.144. The Labute approximate surface area is 87.5 Å². The molecule has 0 unspecified atom stereocenters. The maximum absolute atomic E-state index is 12.3. The first-order valence-electron chi connectivity index (χ1n) is 4.00. The molecule has 0 saturated carbocycles. The molecule has 0 aromatic carbocycles. The lowest BCUT2D eigenvalue weighted by atomic mass is 10.3. The van der Waals surface area contributed by atoms with E-state index in [1.165, 1.54) is 6.20 Å². The van der Waals surface area contributed by atoms with Crippen LogP contribution in [0, 0.1) is 0 Å². The SMILES string of the molecule is FC(F)(F)c1nc2c(CCl)cccn2n1. The predicted molar refractivity (Wildman–Crippen MR) is 47.5 cm³/mol. The zero-order chi connectivity index (χ0) is 11.1. The quantitative estimate of drug-likeness (QED) is 0.711. The van der Waals surface area contributed by atoms with E-state index in [2.05, 4.69) is 10.1 Å². The van der Waals surface area contributed by atoms with E-state index in [-0.39, 0.29) is 11.5 Å². The Hall–Kier alpha value is -1.30. The number of nitrogens with zero attached hydrogens (tertiary/aromatic N) is 3. The minimum atomic E-state index is -4.53. The van der Waals surface area contributed by atoms with E-state index in [0.29, 0.717) is 5.56 Å². The van der Waals surface area contributed by atoms with Crippen LogP contribution in [-0.2, 0) is 12.1 Å². The highest BCUT2D eigenvalue weighted by atomic mass is 35.5. The first-order valence-corrected chi connectivity index (χ1v) is 4.53. The molecule has 0 N–H and O–H groups in total. The first kappa shape index (κ1) is 10.2. The molecular formula is C8H5ClF3N3. The van der Waals surface area contributed by atoms with Gasteiger partial charge in [-0.15, -0.1) is 16.7 Å². The van der Waals surface area contributed by atoms with E-state index in [1.807, 2.05) is 0 Å². The summed E-state index contributed by atoms with van der Waals surface area (Å²) in [5.74, 6) is -1.06. The number of pyridine rings is 1. The Morgan fingerprint density at radius 1 is 1.40 bits per heavy atom. The van der Waals surface area contributed by atoms with Gasteiger partial charge in [0.2, 0.25) is 0 Å². The lowest BCUT2D eigenvalue weighted by Gasteiger charge is -1.96. The average Bonchev–Trinajstić information content (AvgIpc) is 2.59. The number of rotatable bonds is 1. The van der Waals surface area contributed by atoms with Crippen molar-refractivity contribution in [1.82, 2.24) is 14.6 Å². The van der Waals surface area contributed by atoms with Gasteiger partial charge >= 0.3 is 6.18 Å². The molecule has 0 radical (unpaired) electrons. The van der Waals surface area contributed by atoms with Crippen LogP contribution >= 0.6 is 11.6 Å². The molecule has 0 amide bonds. The first-order chi connectivity index (χ1) is 7.02. The van der Waals surface area contributed by atoms with Crippen LogP contribution in [0.2, 0.25) is 0 Å². The van der Waals surface area contributed by atoms with Gasteiger partial charge in [-0.3, -0.25) is 0 Å². The third-order valence-corrected chi connectivity index (χ3v) is 2.13. The Bertz CT molecular complexity index is 491. The number of hydrogen-bond donors (Lipinski definition) is 0. The van der Waals surface area contributed by atoms with Crippen molar-refractivity contribution < 1.29 is 13.2 Å². The van der Waals surface area contributed by atoms with Crippen molar-refractivity contribution in [1.29, 1.82) is 0 Å². The molecule has 0 aliphatic carbocycles. The van der Waals surface area contributed by atoms with Crippen molar-refractivity contribution in [3.63, 3.8) is 0 Å². The zero-order valence-corrected chi connectivity index (χ0v) is 8.05. The van der Waals surface area contributed by atoms with Gasteiger partial charge in [0.05, 0.1) is 5.88 Å². The summed E-state index contributed by atoms with van der Waals surface area (Å²) in [6.45, 7) is 0. The molecule has 2 heterocycles.